The monoisotopic (exact) mass is 293 g/mol. The van der Waals surface area contributed by atoms with Crippen molar-refractivity contribution in [2.24, 2.45) is 11.8 Å². The molecule has 0 bridgehead atoms. The molecule has 2 nitrogen and oxygen atoms in total. The molecule has 2 rings (SSSR count). The maximum atomic E-state index is 6.64. The van der Waals surface area contributed by atoms with Gasteiger partial charge in [-0.25, -0.2) is 0 Å². The van der Waals surface area contributed by atoms with Crippen LogP contribution in [0.15, 0.2) is 11.1 Å². The summed E-state index contributed by atoms with van der Waals surface area (Å²) in [5.41, 5.74) is 3.25. The molecule has 122 valence electrons. The number of rotatable bonds is 3. The van der Waals surface area contributed by atoms with Crippen molar-refractivity contribution in [2.45, 2.75) is 85.5 Å². The highest BCUT2D eigenvalue weighted by Crippen LogP contribution is 2.48. The van der Waals surface area contributed by atoms with Crippen molar-refractivity contribution in [3.63, 3.8) is 0 Å². The molecule has 0 aromatic rings. The molecule has 2 atom stereocenters. The Morgan fingerprint density at radius 3 is 2.19 bits per heavy atom. The van der Waals surface area contributed by atoms with Gasteiger partial charge in [-0.2, -0.15) is 0 Å². The Balaban J connectivity index is 2.33. The Morgan fingerprint density at radius 1 is 1.00 bits per heavy atom. The first-order valence-electron chi connectivity index (χ1n) is 8.95. The van der Waals surface area contributed by atoms with Crippen LogP contribution in [0.25, 0.3) is 0 Å². The number of hydrogen-bond donors (Lipinski definition) is 0. The summed E-state index contributed by atoms with van der Waals surface area (Å²) >= 11 is 0. The molecule has 1 saturated heterocycles. The van der Waals surface area contributed by atoms with Gasteiger partial charge in [-0.3, -0.25) is 0 Å². The van der Waals surface area contributed by atoms with E-state index < -0.39 is 0 Å². The first-order chi connectivity index (χ1) is 9.78. The molecular weight excluding hydrogens is 258 g/mol. The van der Waals surface area contributed by atoms with Crippen LogP contribution >= 0.6 is 0 Å². The van der Waals surface area contributed by atoms with Crippen LogP contribution in [0, 0.1) is 11.8 Å². The summed E-state index contributed by atoms with van der Waals surface area (Å²) in [5, 5.41) is 0. The quantitative estimate of drug-likeness (QED) is 0.702. The van der Waals surface area contributed by atoms with E-state index in [1.807, 2.05) is 0 Å². The second kappa shape index (κ2) is 6.42. The van der Waals surface area contributed by atoms with Gasteiger partial charge in [0.15, 0.2) is 0 Å². The zero-order valence-electron chi connectivity index (χ0n) is 15.2. The van der Waals surface area contributed by atoms with Crippen LogP contribution in [0.3, 0.4) is 0 Å². The summed E-state index contributed by atoms with van der Waals surface area (Å²) in [6, 6.07) is 0.648. The van der Waals surface area contributed by atoms with Gasteiger partial charge in [0, 0.05) is 12.6 Å². The Kier molecular flexibility index (Phi) is 5.20. The van der Waals surface area contributed by atoms with Crippen LogP contribution in [0.4, 0.5) is 0 Å². The molecule has 0 aromatic heterocycles. The van der Waals surface area contributed by atoms with Gasteiger partial charge in [0.2, 0.25) is 0 Å². The molecule has 0 N–H and O–H groups in total. The molecule has 0 aromatic carbocycles. The smallest absolute Gasteiger partial charge is 0.0918 e. The van der Waals surface area contributed by atoms with Gasteiger partial charge in [-0.15, -0.1) is 0 Å². The van der Waals surface area contributed by atoms with Gasteiger partial charge in [-0.05, 0) is 69.6 Å². The molecule has 2 aliphatic rings. The molecule has 0 aliphatic carbocycles. The molecule has 2 aliphatic heterocycles. The highest BCUT2D eigenvalue weighted by molar-refractivity contribution is 5.35. The van der Waals surface area contributed by atoms with Gasteiger partial charge in [0.25, 0.3) is 0 Å². The lowest BCUT2D eigenvalue weighted by atomic mass is 9.77. The van der Waals surface area contributed by atoms with Crippen molar-refractivity contribution in [2.75, 3.05) is 13.1 Å². The number of likely N-dealkylation sites (tertiary alicyclic amines) is 1. The summed E-state index contributed by atoms with van der Waals surface area (Å²) < 4.78 is 6.64. The molecule has 0 radical (unpaired) electrons. The van der Waals surface area contributed by atoms with E-state index in [1.54, 1.807) is 11.1 Å². The van der Waals surface area contributed by atoms with Crippen LogP contribution in [0.5, 0.6) is 0 Å². The number of ether oxygens (including phenoxy) is 1. The fraction of sp³-hybridized carbons (Fsp3) is 0.895. The Bertz CT molecular complexity index is 396. The lowest BCUT2D eigenvalue weighted by molar-refractivity contribution is -0.0383. The fourth-order valence-corrected chi connectivity index (χ4v) is 4.62. The third kappa shape index (κ3) is 3.22. The van der Waals surface area contributed by atoms with Crippen LogP contribution < -0.4 is 0 Å². The summed E-state index contributed by atoms with van der Waals surface area (Å²) in [4.78, 5) is 2.62. The third-order valence-corrected chi connectivity index (χ3v) is 5.40. The van der Waals surface area contributed by atoms with Crippen molar-refractivity contribution < 1.29 is 4.74 Å². The second-order valence-corrected chi connectivity index (χ2v) is 7.92. The zero-order valence-corrected chi connectivity index (χ0v) is 15.2. The molecule has 1 fully saturated rings. The highest BCUT2D eigenvalue weighted by Gasteiger charge is 2.47. The SMILES string of the molecule is CC(C)C1=C(C(C)C)[C@]2(CCCN(C(C)C)CC2)O[C@@H]1C. The predicted molar refractivity (Wildman–Crippen MR) is 90.5 cm³/mol. The predicted octanol–water partition coefficient (Wildman–Crippen LogP) is 4.65. The topological polar surface area (TPSA) is 12.5 Å². The van der Waals surface area contributed by atoms with Gasteiger partial charge in [0.1, 0.15) is 0 Å². The number of nitrogens with zero attached hydrogens (tertiary/aromatic N) is 1. The average Bonchev–Trinajstić information content (AvgIpc) is 2.52. The van der Waals surface area contributed by atoms with Crippen LogP contribution in [0.1, 0.15) is 67.7 Å². The molecule has 0 saturated carbocycles. The van der Waals surface area contributed by atoms with Crippen molar-refractivity contribution in [3.8, 4) is 0 Å². The van der Waals surface area contributed by atoms with E-state index in [2.05, 4.69) is 53.4 Å². The molecule has 1 spiro atoms. The second-order valence-electron chi connectivity index (χ2n) is 7.92. The van der Waals surface area contributed by atoms with Gasteiger partial charge in [0.05, 0.1) is 11.7 Å². The van der Waals surface area contributed by atoms with E-state index >= 15 is 0 Å². The summed E-state index contributed by atoms with van der Waals surface area (Å²) in [5.74, 6) is 1.19. The summed E-state index contributed by atoms with van der Waals surface area (Å²) in [7, 11) is 0. The van der Waals surface area contributed by atoms with Crippen molar-refractivity contribution in [1.82, 2.24) is 4.90 Å². The maximum Gasteiger partial charge on any atom is 0.0918 e. The maximum absolute atomic E-state index is 6.64. The minimum Gasteiger partial charge on any atom is -0.363 e. The summed E-state index contributed by atoms with van der Waals surface area (Å²) in [6.45, 7) is 18.6. The Morgan fingerprint density at radius 2 is 1.67 bits per heavy atom. The number of hydrogen-bond acceptors (Lipinski definition) is 2. The molecule has 21 heavy (non-hydrogen) atoms. The molecule has 0 amide bonds. The van der Waals surface area contributed by atoms with Crippen molar-refractivity contribution in [3.05, 3.63) is 11.1 Å². The van der Waals surface area contributed by atoms with E-state index in [0.717, 1.165) is 0 Å². The molecule has 2 heteroatoms. The fourth-order valence-electron chi connectivity index (χ4n) is 4.62. The highest BCUT2D eigenvalue weighted by atomic mass is 16.5. The van der Waals surface area contributed by atoms with Crippen molar-refractivity contribution >= 4 is 0 Å². The van der Waals surface area contributed by atoms with Crippen molar-refractivity contribution in [1.29, 1.82) is 0 Å². The van der Waals surface area contributed by atoms with Crippen LogP contribution in [-0.2, 0) is 4.74 Å². The summed E-state index contributed by atoms with van der Waals surface area (Å²) in [6.07, 6.45) is 3.92. The largest absolute Gasteiger partial charge is 0.363 e. The first-order valence-corrected chi connectivity index (χ1v) is 8.95. The standard InChI is InChI=1S/C19H35NO/c1-13(2)17-16(7)21-19(18(17)14(3)4)9-8-11-20(12-10-19)15(5)6/h13-16H,8-12H2,1-7H3/t16-,19-/m1/s1. The lowest BCUT2D eigenvalue weighted by Gasteiger charge is -2.34. The van der Waals surface area contributed by atoms with Gasteiger partial charge >= 0.3 is 0 Å². The van der Waals surface area contributed by atoms with Gasteiger partial charge < -0.3 is 9.64 Å². The Hall–Kier alpha value is -0.340. The van der Waals surface area contributed by atoms with Crippen LogP contribution in [0.2, 0.25) is 0 Å². The normalized spacial score (nSPS) is 32.0. The minimum atomic E-state index is 0.0246. The third-order valence-electron chi connectivity index (χ3n) is 5.40. The van der Waals surface area contributed by atoms with E-state index in [9.17, 15) is 0 Å². The van der Waals surface area contributed by atoms with E-state index in [-0.39, 0.29) is 5.60 Å². The van der Waals surface area contributed by atoms with E-state index in [1.165, 1.54) is 32.4 Å². The molecular formula is C19H35NO. The minimum absolute atomic E-state index is 0.0246. The zero-order chi connectivity index (χ0) is 15.8. The lowest BCUT2D eigenvalue weighted by Crippen LogP contribution is -2.37. The van der Waals surface area contributed by atoms with E-state index in [0.29, 0.717) is 24.0 Å². The van der Waals surface area contributed by atoms with Crippen LogP contribution in [-0.4, -0.2) is 35.7 Å². The molecule has 2 heterocycles. The van der Waals surface area contributed by atoms with Gasteiger partial charge in [-0.1, -0.05) is 27.7 Å². The molecule has 0 unspecified atom stereocenters. The van der Waals surface area contributed by atoms with E-state index in [4.69, 9.17) is 4.74 Å². The Labute approximate surface area is 131 Å². The average molecular weight is 293 g/mol. The first kappa shape index (κ1) is 17.0.